The molecule has 0 spiro atoms. The van der Waals surface area contributed by atoms with E-state index in [1.807, 2.05) is 48.5 Å². The van der Waals surface area contributed by atoms with Crippen LogP contribution in [-0.4, -0.2) is 58.5 Å². The number of ether oxygens (including phenoxy) is 1. The number of nitrogens with one attached hydrogen (secondary N) is 2. The first kappa shape index (κ1) is 24.2. The first-order valence-corrected chi connectivity index (χ1v) is 12.4. The maximum atomic E-state index is 14.1. The average Bonchev–Trinajstić information content (AvgIpc) is 3.44. The Balaban J connectivity index is 1.48. The highest BCUT2D eigenvalue weighted by molar-refractivity contribution is 6.24. The van der Waals surface area contributed by atoms with Crippen LogP contribution >= 0.6 is 0 Å². The van der Waals surface area contributed by atoms with Crippen LogP contribution in [0.4, 0.5) is 10.5 Å². The molecule has 2 aliphatic rings. The van der Waals surface area contributed by atoms with Gasteiger partial charge in [0, 0.05) is 23.0 Å². The Bertz CT molecular complexity index is 1660. The lowest BCUT2D eigenvalue weighted by atomic mass is 9.89. The second-order valence-electron chi connectivity index (χ2n) is 9.42. The third-order valence-corrected chi connectivity index (χ3v) is 7.25. The van der Waals surface area contributed by atoms with Crippen molar-refractivity contribution in [3.63, 3.8) is 0 Å². The highest BCUT2D eigenvalue weighted by Gasteiger charge is 2.53. The molecule has 0 bridgehead atoms. The zero-order valence-corrected chi connectivity index (χ0v) is 20.9. The molecule has 1 fully saturated rings. The molecule has 10 nitrogen and oxygen atoms in total. The van der Waals surface area contributed by atoms with E-state index in [0.29, 0.717) is 12.2 Å². The maximum Gasteiger partial charge on any atom is 0.332 e. The third kappa shape index (κ3) is 3.88. The number of urea groups is 1. The topological polar surface area (TPSA) is 132 Å². The smallest absolute Gasteiger partial charge is 0.332 e. The first-order valence-electron chi connectivity index (χ1n) is 12.4. The minimum atomic E-state index is -1.21. The van der Waals surface area contributed by atoms with Crippen LogP contribution < -0.4 is 15.0 Å². The molecule has 4 aromatic rings. The molecule has 1 aromatic heterocycles. The summed E-state index contributed by atoms with van der Waals surface area (Å²) in [4.78, 5) is 58.0. The lowest BCUT2D eigenvalue weighted by Crippen LogP contribution is -2.44. The van der Waals surface area contributed by atoms with Crippen LogP contribution in [0.25, 0.3) is 10.9 Å². The summed E-state index contributed by atoms with van der Waals surface area (Å²) in [6, 6.07) is 19.4. The number of aromatic nitrogens is 1. The number of carbonyl (C=O) groups is 4. The summed E-state index contributed by atoms with van der Waals surface area (Å²) >= 11 is 0. The van der Waals surface area contributed by atoms with Gasteiger partial charge in [-0.25, -0.2) is 9.69 Å². The molecular weight excluding hydrogens is 500 g/mol. The zero-order chi connectivity index (χ0) is 27.3. The maximum absolute atomic E-state index is 14.1. The van der Waals surface area contributed by atoms with Crippen molar-refractivity contribution in [3.8, 4) is 5.75 Å². The van der Waals surface area contributed by atoms with Crippen molar-refractivity contribution in [1.82, 2.24) is 15.2 Å². The number of para-hydroxylation sites is 2. The standard InChI is InChI=1S/C29H24N4O6/c1-39-17-8-6-7-16(13-17)26-25-20(18-9-2-4-11-21(18)31-25)14-23-28(37)33(29(38)32(23)26)22-12-5-3-10-19(22)27(36)30-15-24(34)35/h2-13,23,26,31H,14-15H2,1H3,(H,30,36)(H,34,35)/t23-,26+/m0/s1. The fraction of sp³-hybridized carbons (Fsp3) is 0.172. The lowest BCUT2D eigenvalue weighted by molar-refractivity contribution is -0.135. The Hall–Kier alpha value is -5.12. The monoisotopic (exact) mass is 524 g/mol. The second kappa shape index (κ2) is 9.32. The fourth-order valence-electron chi connectivity index (χ4n) is 5.57. The number of aromatic amines is 1. The van der Waals surface area contributed by atoms with Gasteiger partial charge >= 0.3 is 12.0 Å². The van der Waals surface area contributed by atoms with Gasteiger partial charge in [0.1, 0.15) is 24.4 Å². The third-order valence-electron chi connectivity index (χ3n) is 7.25. The van der Waals surface area contributed by atoms with Crippen molar-refractivity contribution in [1.29, 1.82) is 0 Å². The Labute approximate surface area is 222 Å². The summed E-state index contributed by atoms with van der Waals surface area (Å²) in [5.41, 5.74) is 3.58. The number of fused-ring (bicyclic) bond motifs is 4. The van der Waals surface area contributed by atoms with E-state index in [1.165, 1.54) is 12.1 Å². The van der Waals surface area contributed by atoms with E-state index in [-0.39, 0.29) is 11.3 Å². The molecule has 0 saturated carbocycles. The fourth-order valence-corrected chi connectivity index (χ4v) is 5.57. The lowest BCUT2D eigenvalue weighted by Gasteiger charge is -2.36. The molecule has 1 saturated heterocycles. The SMILES string of the molecule is COc1cccc([C@@H]2c3[nH]c4ccccc4c3C[C@H]3C(=O)N(c4ccccc4C(=O)NCC(=O)O)C(=O)N23)c1. The molecule has 3 aromatic carbocycles. The molecular formula is C29H24N4O6. The van der Waals surface area contributed by atoms with Crippen LogP contribution in [0, 0.1) is 0 Å². The van der Waals surface area contributed by atoms with E-state index >= 15 is 0 Å². The largest absolute Gasteiger partial charge is 0.497 e. The molecule has 3 heterocycles. The van der Waals surface area contributed by atoms with E-state index in [9.17, 15) is 19.2 Å². The number of benzene rings is 3. The highest BCUT2D eigenvalue weighted by Crippen LogP contribution is 2.45. The molecule has 196 valence electrons. The molecule has 39 heavy (non-hydrogen) atoms. The number of imide groups is 1. The number of aliphatic carboxylic acids is 1. The minimum absolute atomic E-state index is 0.0298. The van der Waals surface area contributed by atoms with Gasteiger partial charge in [0.15, 0.2) is 0 Å². The van der Waals surface area contributed by atoms with E-state index in [1.54, 1.807) is 24.1 Å². The Morgan fingerprint density at radius 3 is 2.62 bits per heavy atom. The highest BCUT2D eigenvalue weighted by atomic mass is 16.5. The van der Waals surface area contributed by atoms with Crippen LogP contribution in [0.15, 0.2) is 72.8 Å². The van der Waals surface area contributed by atoms with Gasteiger partial charge in [0.25, 0.3) is 11.8 Å². The normalized spacial score (nSPS) is 18.2. The van der Waals surface area contributed by atoms with Gasteiger partial charge in [0.2, 0.25) is 0 Å². The summed E-state index contributed by atoms with van der Waals surface area (Å²) in [6.07, 6.45) is 0.300. The number of hydrogen-bond acceptors (Lipinski definition) is 5. The predicted molar refractivity (Wildman–Crippen MR) is 142 cm³/mol. The van der Waals surface area contributed by atoms with E-state index in [0.717, 1.165) is 32.6 Å². The molecule has 2 atom stereocenters. The second-order valence-corrected chi connectivity index (χ2v) is 9.42. The number of amides is 4. The molecule has 0 radical (unpaired) electrons. The van der Waals surface area contributed by atoms with Crippen molar-refractivity contribution in [3.05, 3.63) is 95.2 Å². The summed E-state index contributed by atoms with van der Waals surface area (Å²) in [6.45, 7) is -0.594. The Morgan fingerprint density at radius 2 is 1.82 bits per heavy atom. The molecule has 0 aliphatic carbocycles. The van der Waals surface area contributed by atoms with Crippen LogP contribution in [0.1, 0.15) is 33.2 Å². The van der Waals surface area contributed by atoms with Gasteiger partial charge in [-0.05, 0) is 41.5 Å². The summed E-state index contributed by atoms with van der Waals surface area (Å²) in [7, 11) is 1.57. The van der Waals surface area contributed by atoms with Gasteiger partial charge in [-0.15, -0.1) is 0 Å². The number of rotatable bonds is 6. The molecule has 0 unspecified atom stereocenters. The van der Waals surface area contributed by atoms with E-state index in [2.05, 4.69) is 10.3 Å². The van der Waals surface area contributed by atoms with Gasteiger partial charge in [0.05, 0.1) is 18.4 Å². The first-order chi connectivity index (χ1) is 18.9. The number of carboxylic acids is 1. The van der Waals surface area contributed by atoms with Crippen LogP contribution in [0.5, 0.6) is 5.75 Å². The van der Waals surface area contributed by atoms with Crippen LogP contribution in [0.2, 0.25) is 0 Å². The van der Waals surface area contributed by atoms with Crippen LogP contribution in [-0.2, 0) is 16.0 Å². The van der Waals surface area contributed by atoms with Gasteiger partial charge < -0.3 is 20.1 Å². The zero-order valence-electron chi connectivity index (χ0n) is 20.9. The molecule has 3 N–H and O–H groups in total. The van der Waals surface area contributed by atoms with Crippen molar-refractivity contribution in [2.45, 2.75) is 18.5 Å². The Morgan fingerprint density at radius 1 is 1.05 bits per heavy atom. The van der Waals surface area contributed by atoms with Gasteiger partial charge in [-0.2, -0.15) is 0 Å². The average molecular weight is 525 g/mol. The van der Waals surface area contributed by atoms with Crippen molar-refractivity contribution in [2.75, 3.05) is 18.6 Å². The van der Waals surface area contributed by atoms with Crippen molar-refractivity contribution >= 4 is 40.4 Å². The number of nitrogens with zero attached hydrogens (tertiary/aromatic N) is 2. The molecule has 6 rings (SSSR count). The van der Waals surface area contributed by atoms with E-state index in [4.69, 9.17) is 9.84 Å². The number of anilines is 1. The summed E-state index contributed by atoms with van der Waals surface area (Å²) < 4.78 is 5.45. The molecule has 10 heteroatoms. The number of hydrogen-bond donors (Lipinski definition) is 3. The molecule has 2 aliphatic heterocycles. The summed E-state index contributed by atoms with van der Waals surface area (Å²) in [5, 5.41) is 12.3. The number of methoxy groups -OCH3 is 1. The number of carboxylic acid groups (broad SMARTS) is 1. The predicted octanol–water partition coefficient (Wildman–Crippen LogP) is 3.47. The Kier molecular flexibility index (Phi) is 5.79. The van der Waals surface area contributed by atoms with Crippen molar-refractivity contribution < 1.29 is 29.0 Å². The van der Waals surface area contributed by atoms with Crippen LogP contribution in [0.3, 0.4) is 0 Å². The van der Waals surface area contributed by atoms with E-state index < -0.39 is 42.4 Å². The van der Waals surface area contributed by atoms with Gasteiger partial charge in [-0.3, -0.25) is 19.3 Å². The minimum Gasteiger partial charge on any atom is -0.497 e. The van der Waals surface area contributed by atoms with Gasteiger partial charge in [-0.1, -0.05) is 42.5 Å². The number of carbonyl (C=O) groups excluding carboxylic acids is 3. The summed E-state index contributed by atoms with van der Waals surface area (Å²) in [5.74, 6) is -1.75. The van der Waals surface area contributed by atoms with Crippen molar-refractivity contribution in [2.24, 2.45) is 0 Å². The quantitative estimate of drug-likeness (QED) is 0.331. The molecule has 4 amide bonds. The number of H-pyrrole nitrogens is 1.